The fraction of sp³-hybridized carbons (Fsp3) is 0.542. The minimum absolute atomic E-state index is 0.140. The third-order valence-corrected chi connectivity index (χ3v) is 7.92. The summed E-state index contributed by atoms with van der Waals surface area (Å²) < 4.78 is 20.9. The Morgan fingerprint density at radius 1 is 1.27 bits per heavy atom. The Kier molecular flexibility index (Phi) is 8.47. The molecule has 1 fully saturated rings. The highest BCUT2D eigenvalue weighted by Gasteiger charge is 2.30. The first-order valence-electron chi connectivity index (χ1n) is 11.5. The molecule has 1 unspecified atom stereocenters. The zero-order valence-electron chi connectivity index (χ0n) is 19.5. The summed E-state index contributed by atoms with van der Waals surface area (Å²) in [5.74, 6) is -0.439. The lowest BCUT2D eigenvalue weighted by Gasteiger charge is -2.32. The van der Waals surface area contributed by atoms with Crippen molar-refractivity contribution >= 4 is 25.6 Å². The summed E-state index contributed by atoms with van der Waals surface area (Å²) in [6.07, 6.45) is 4.18. The van der Waals surface area contributed by atoms with Crippen LogP contribution in [0.2, 0.25) is 30.7 Å². The van der Waals surface area contributed by atoms with Gasteiger partial charge in [0.2, 0.25) is 0 Å². The van der Waals surface area contributed by atoms with Gasteiger partial charge in [0, 0.05) is 20.8 Å². The Morgan fingerprint density at radius 3 is 2.70 bits per heavy atom. The smallest absolute Gasteiger partial charge is 0.316 e. The number of rotatable bonds is 9. The number of nitrogens with one attached hydrogen (secondary N) is 1. The van der Waals surface area contributed by atoms with Gasteiger partial charge in [-0.05, 0) is 42.6 Å². The molecule has 0 bridgehead atoms. The van der Waals surface area contributed by atoms with Gasteiger partial charge in [0.15, 0.2) is 6.17 Å². The molecule has 1 heterocycles. The van der Waals surface area contributed by atoms with Gasteiger partial charge in [-0.3, -0.25) is 4.79 Å². The molecule has 1 aromatic carbocycles. The van der Waals surface area contributed by atoms with Crippen molar-refractivity contribution in [1.29, 1.82) is 0 Å². The third-order valence-electron chi connectivity index (χ3n) is 5.89. The van der Waals surface area contributed by atoms with E-state index in [1.54, 1.807) is 0 Å². The Labute approximate surface area is 201 Å². The van der Waals surface area contributed by atoms with Gasteiger partial charge in [0.25, 0.3) is 5.91 Å². The quantitative estimate of drug-likeness (QED) is 0.461. The molecular weight excluding hydrogens is 461 g/mol. The van der Waals surface area contributed by atoms with Gasteiger partial charge < -0.3 is 15.2 Å². The maximum Gasteiger partial charge on any atom is 0.316 e. The largest absolute Gasteiger partial charge is 0.464 e. The molecule has 1 aromatic heterocycles. The topological polar surface area (TPSA) is 84.3 Å². The first-order valence-corrected chi connectivity index (χ1v) is 15.5. The van der Waals surface area contributed by atoms with Crippen LogP contribution in [0.4, 0.5) is 4.39 Å². The summed E-state index contributed by atoms with van der Waals surface area (Å²) >= 11 is 6.23. The van der Waals surface area contributed by atoms with Crippen molar-refractivity contribution in [2.45, 2.75) is 69.6 Å². The van der Waals surface area contributed by atoms with Gasteiger partial charge in [-0.2, -0.15) is 4.98 Å². The molecule has 2 aromatic rings. The van der Waals surface area contributed by atoms with Crippen molar-refractivity contribution in [3.63, 3.8) is 0 Å². The van der Waals surface area contributed by atoms with Crippen LogP contribution in [-0.4, -0.2) is 47.8 Å². The van der Waals surface area contributed by atoms with Crippen molar-refractivity contribution in [3.8, 4) is 6.01 Å². The van der Waals surface area contributed by atoms with E-state index in [1.807, 2.05) is 0 Å². The van der Waals surface area contributed by atoms with E-state index in [1.165, 1.54) is 30.5 Å². The predicted octanol–water partition coefficient (Wildman–Crippen LogP) is 5.33. The Morgan fingerprint density at radius 2 is 2.00 bits per heavy atom. The molecular formula is C24H33ClFN3O3Si. The van der Waals surface area contributed by atoms with Gasteiger partial charge >= 0.3 is 6.01 Å². The number of benzene rings is 1. The van der Waals surface area contributed by atoms with E-state index >= 15 is 4.39 Å². The van der Waals surface area contributed by atoms with Crippen molar-refractivity contribution < 1.29 is 19.0 Å². The fourth-order valence-electron chi connectivity index (χ4n) is 3.79. The molecule has 0 radical (unpaired) electrons. The number of aromatic nitrogens is 2. The average molecular weight is 494 g/mol. The Bertz CT molecular complexity index is 964. The van der Waals surface area contributed by atoms with Crippen LogP contribution in [0.5, 0.6) is 6.01 Å². The SMILES string of the molecule is C[Si](C)(C)CCOc1nccc(C(F)c2ccc(Cl)c(C(=O)NCC3(O)CCCCC3)c2)n1. The van der Waals surface area contributed by atoms with Crippen LogP contribution in [0.1, 0.15) is 59.9 Å². The van der Waals surface area contributed by atoms with Crippen LogP contribution in [0.15, 0.2) is 30.5 Å². The molecule has 9 heteroatoms. The normalized spacial score (nSPS) is 16.8. The summed E-state index contributed by atoms with van der Waals surface area (Å²) in [6, 6.07) is 7.04. The van der Waals surface area contributed by atoms with Crippen LogP contribution >= 0.6 is 11.6 Å². The lowest BCUT2D eigenvalue weighted by Crippen LogP contribution is -2.44. The van der Waals surface area contributed by atoms with E-state index in [4.69, 9.17) is 16.3 Å². The van der Waals surface area contributed by atoms with Gasteiger partial charge in [-0.15, -0.1) is 0 Å². The van der Waals surface area contributed by atoms with Gasteiger partial charge in [-0.1, -0.05) is 56.6 Å². The molecule has 0 spiro atoms. The van der Waals surface area contributed by atoms with Crippen molar-refractivity contribution in [2.75, 3.05) is 13.2 Å². The molecule has 2 N–H and O–H groups in total. The second-order valence-electron chi connectivity index (χ2n) is 9.99. The van der Waals surface area contributed by atoms with Crippen molar-refractivity contribution in [3.05, 3.63) is 52.3 Å². The molecule has 3 rings (SSSR count). The molecule has 180 valence electrons. The molecule has 1 aliphatic carbocycles. The molecule has 1 atom stereocenters. The number of nitrogens with zero attached hydrogens (tertiary/aromatic N) is 2. The van der Waals surface area contributed by atoms with Crippen molar-refractivity contribution in [1.82, 2.24) is 15.3 Å². The summed E-state index contributed by atoms with van der Waals surface area (Å²) in [5, 5.41) is 13.6. The highest BCUT2D eigenvalue weighted by molar-refractivity contribution is 6.76. The molecule has 6 nitrogen and oxygen atoms in total. The lowest BCUT2D eigenvalue weighted by atomic mass is 9.85. The van der Waals surface area contributed by atoms with Crippen LogP contribution in [0.25, 0.3) is 0 Å². The summed E-state index contributed by atoms with van der Waals surface area (Å²) in [7, 11) is -1.27. The van der Waals surface area contributed by atoms with E-state index < -0.39 is 25.8 Å². The van der Waals surface area contributed by atoms with E-state index in [0.29, 0.717) is 19.4 Å². The summed E-state index contributed by atoms with van der Waals surface area (Å²) in [5.41, 5.74) is -0.323. The lowest BCUT2D eigenvalue weighted by molar-refractivity contribution is 0.00525. The van der Waals surface area contributed by atoms with E-state index in [-0.39, 0.29) is 34.4 Å². The molecule has 1 aliphatic rings. The van der Waals surface area contributed by atoms with Crippen LogP contribution in [0.3, 0.4) is 0 Å². The zero-order valence-corrected chi connectivity index (χ0v) is 21.3. The molecule has 1 amide bonds. The fourth-order valence-corrected chi connectivity index (χ4v) is 4.70. The number of hydrogen-bond donors (Lipinski definition) is 2. The number of aliphatic hydroxyl groups is 1. The average Bonchev–Trinajstić information content (AvgIpc) is 2.77. The number of carbonyl (C=O) groups is 1. The number of amides is 1. The van der Waals surface area contributed by atoms with Gasteiger partial charge in [-0.25, -0.2) is 9.37 Å². The minimum Gasteiger partial charge on any atom is -0.464 e. The molecule has 33 heavy (non-hydrogen) atoms. The number of alkyl halides is 1. The first kappa shape index (κ1) is 25.6. The van der Waals surface area contributed by atoms with Gasteiger partial charge in [0.05, 0.1) is 28.5 Å². The standard InChI is InChI=1S/C24H33ClFN3O3Si/c1-33(2,3)14-13-32-23-27-12-9-20(29-23)21(26)17-7-8-19(25)18(15-17)22(30)28-16-24(31)10-5-4-6-11-24/h7-9,12,15,21,31H,4-6,10-11,13-14,16H2,1-3H3,(H,28,30). The second kappa shape index (κ2) is 10.9. The minimum atomic E-state index is -1.57. The highest BCUT2D eigenvalue weighted by atomic mass is 35.5. The van der Waals surface area contributed by atoms with E-state index in [0.717, 1.165) is 25.3 Å². The Balaban J connectivity index is 1.69. The van der Waals surface area contributed by atoms with E-state index in [9.17, 15) is 9.90 Å². The molecule has 0 aliphatic heterocycles. The number of hydrogen-bond acceptors (Lipinski definition) is 5. The second-order valence-corrected chi connectivity index (χ2v) is 16.0. The molecule has 0 saturated heterocycles. The van der Waals surface area contributed by atoms with Crippen molar-refractivity contribution in [2.24, 2.45) is 0 Å². The predicted molar refractivity (Wildman–Crippen MR) is 130 cm³/mol. The molecule has 1 saturated carbocycles. The maximum absolute atomic E-state index is 15.3. The third kappa shape index (κ3) is 7.48. The van der Waals surface area contributed by atoms with Gasteiger partial charge in [0.1, 0.15) is 0 Å². The maximum atomic E-state index is 15.3. The summed E-state index contributed by atoms with van der Waals surface area (Å²) in [4.78, 5) is 21.0. The van der Waals surface area contributed by atoms with Crippen LogP contribution < -0.4 is 10.1 Å². The monoisotopic (exact) mass is 493 g/mol. The zero-order chi connectivity index (χ0) is 24.1. The number of ether oxygens (including phenoxy) is 1. The Hall–Kier alpha value is -2.03. The van der Waals surface area contributed by atoms with Crippen LogP contribution in [-0.2, 0) is 0 Å². The highest BCUT2D eigenvalue weighted by Crippen LogP contribution is 2.30. The van der Waals surface area contributed by atoms with E-state index in [2.05, 4.69) is 34.9 Å². The first-order chi connectivity index (χ1) is 15.6. The number of carbonyl (C=O) groups excluding carboxylic acids is 1. The summed E-state index contributed by atoms with van der Waals surface area (Å²) in [6.45, 7) is 7.38. The number of halogens is 2. The van der Waals surface area contributed by atoms with Crippen LogP contribution in [0, 0.1) is 0 Å².